The number of hydrogen-bond donors (Lipinski definition) is 3. The Bertz CT molecular complexity index is 2660. The van der Waals surface area contributed by atoms with E-state index in [0.717, 1.165) is 54.7 Å². The van der Waals surface area contributed by atoms with Crippen molar-refractivity contribution in [3.8, 4) is 28.6 Å². The zero-order valence-corrected chi connectivity index (χ0v) is 36.6. The van der Waals surface area contributed by atoms with Gasteiger partial charge in [-0.25, -0.2) is 4.39 Å². The van der Waals surface area contributed by atoms with Crippen LogP contribution in [0.1, 0.15) is 53.3 Å². The van der Waals surface area contributed by atoms with E-state index in [9.17, 15) is 24.3 Å². The zero-order valence-electron chi connectivity index (χ0n) is 35.8. The van der Waals surface area contributed by atoms with Crippen molar-refractivity contribution in [2.45, 2.75) is 50.9 Å². The molecule has 5 aromatic rings. The number of phenolic OH excluding ortho intramolecular Hbond substituents is 1. The second kappa shape index (κ2) is 19.2. The van der Waals surface area contributed by atoms with Gasteiger partial charge < -0.3 is 34.3 Å². The van der Waals surface area contributed by atoms with Crippen molar-refractivity contribution in [2.24, 2.45) is 0 Å². The van der Waals surface area contributed by atoms with E-state index in [2.05, 4.69) is 25.4 Å². The van der Waals surface area contributed by atoms with Gasteiger partial charge in [0.1, 0.15) is 41.6 Å². The number of halogens is 2. The highest BCUT2D eigenvalue weighted by Crippen LogP contribution is 2.42. The highest BCUT2D eigenvalue weighted by Gasteiger charge is 2.44. The average Bonchev–Trinajstić information content (AvgIpc) is 3.54. The number of fused-ring (bicyclic) bond motifs is 3. The van der Waals surface area contributed by atoms with Gasteiger partial charge in [0.2, 0.25) is 11.8 Å². The van der Waals surface area contributed by atoms with E-state index >= 15 is 4.39 Å². The number of aromatic hydroxyl groups is 1. The fourth-order valence-electron chi connectivity index (χ4n) is 9.05. The Morgan fingerprint density at radius 1 is 0.862 bits per heavy atom. The van der Waals surface area contributed by atoms with Crippen molar-refractivity contribution in [3.63, 3.8) is 0 Å². The van der Waals surface area contributed by atoms with Gasteiger partial charge in [0, 0.05) is 63.2 Å². The molecule has 18 heteroatoms. The normalized spacial score (nSPS) is 19.0. The van der Waals surface area contributed by atoms with Gasteiger partial charge in [-0.3, -0.25) is 34.3 Å². The molecular weight excluding hydrogens is 861 g/mol. The lowest BCUT2D eigenvalue weighted by molar-refractivity contribution is -0.136. The van der Waals surface area contributed by atoms with Gasteiger partial charge >= 0.3 is 6.01 Å². The third kappa shape index (κ3) is 9.42. The Morgan fingerprint density at radius 3 is 2.43 bits per heavy atom. The monoisotopic (exact) mass is 909 g/mol. The maximum Gasteiger partial charge on any atom is 0.319 e. The first-order valence-electron chi connectivity index (χ1n) is 22.0. The van der Waals surface area contributed by atoms with Crippen LogP contribution in [0.25, 0.3) is 32.8 Å². The molecular formula is C47H49ClFN7O9. The number of ether oxygens (including phenoxy) is 4. The maximum atomic E-state index is 16.9. The number of imide groups is 2. The first-order valence-corrected chi connectivity index (χ1v) is 22.3. The third-order valence-electron chi connectivity index (χ3n) is 12.2. The molecule has 4 aliphatic rings. The molecule has 16 nitrogen and oxygen atoms in total. The molecule has 4 aromatic carbocycles. The minimum atomic E-state index is -1.03. The third-order valence-corrected chi connectivity index (χ3v) is 12.5. The van der Waals surface area contributed by atoms with Crippen LogP contribution in [0.2, 0.25) is 5.02 Å². The van der Waals surface area contributed by atoms with Crippen molar-refractivity contribution >= 4 is 62.7 Å². The van der Waals surface area contributed by atoms with Crippen LogP contribution in [0.5, 0.6) is 17.5 Å². The lowest BCUT2D eigenvalue weighted by Crippen LogP contribution is -2.54. The van der Waals surface area contributed by atoms with Crippen LogP contribution in [0.4, 0.5) is 10.2 Å². The van der Waals surface area contributed by atoms with Gasteiger partial charge in [-0.05, 0) is 78.9 Å². The summed E-state index contributed by atoms with van der Waals surface area (Å²) in [5.41, 5.74) is 1.04. The van der Waals surface area contributed by atoms with Crippen LogP contribution in [-0.4, -0.2) is 139 Å². The van der Waals surface area contributed by atoms with Gasteiger partial charge in [-0.1, -0.05) is 35.9 Å². The molecule has 340 valence electrons. The average molecular weight is 910 g/mol. The number of hydrogen-bond acceptors (Lipinski definition) is 14. The molecule has 65 heavy (non-hydrogen) atoms. The Kier molecular flexibility index (Phi) is 13.1. The van der Waals surface area contributed by atoms with E-state index in [0.29, 0.717) is 55.4 Å². The first kappa shape index (κ1) is 44.2. The van der Waals surface area contributed by atoms with Crippen LogP contribution in [-0.2, 0) is 19.1 Å². The van der Waals surface area contributed by atoms with Crippen LogP contribution in [0.15, 0.2) is 60.7 Å². The van der Waals surface area contributed by atoms with Crippen LogP contribution >= 0.6 is 11.6 Å². The van der Waals surface area contributed by atoms with E-state index in [1.165, 1.54) is 18.2 Å². The minimum absolute atomic E-state index is 0.000163. The second-order valence-corrected chi connectivity index (χ2v) is 17.0. The molecule has 0 spiro atoms. The molecule has 3 saturated heterocycles. The van der Waals surface area contributed by atoms with Crippen LogP contribution in [0.3, 0.4) is 0 Å². The Balaban J connectivity index is 0.748. The molecule has 0 saturated carbocycles. The van der Waals surface area contributed by atoms with Gasteiger partial charge in [-0.2, -0.15) is 9.97 Å². The minimum Gasteiger partial charge on any atom is -0.508 e. The number of carbonyl (C=O) groups excluding carboxylic acids is 4. The molecule has 0 bridgehead atoms. The number of piperidine rings is 2. The number of nitrogens with one attached hydrogen (secondary N) is 2. The van der Waals surface area contributed by atoms with Gasteiger partial charge in [0.15, 0.2) is 5.82 Å². The molecule has 5 heterocycles. The molecule has 4 aliphatic heterocycles. The van der Waals surface area contributed by atoms with Crippen molar-refractivity contribution in [3.05, 3.63) is 82.6 Å². The quantitative estimate of drug-likeness (QED) is 0.0931. The highest BCUT2D eigenvalue weighted by atomic mass is 35.5. The largest absolute Gasteiger partial charge is 0.508 e. The lowest BCUT2D eigenvalue weighted by Gasteiger charge is -2.33. The number of carbonyl (C=O) groups is 4. The lowest BCUT2D eigenvalue weighted by atomic mass is 9.96. The van der Waals surface area contributed by atoms with Crippen LogP contribution < -0.4 is 25.0 Å². The van der Waals surface area contributed by atoms with Crippen molar-refractivity contribution in [2.75, 3.05) is 77.1 Å². The molecule has 3 N–H and O–H groups in total. The van der Waals surface area contributed by atoms with Crippen LogP contribution in [0, 0.1) is 5.82 Å². The fourth-order valence-corrected chi connectivity index (χ4v) is 9.35. The first-order chi connectivity index (χ1) is 31.5. The number of rotatable bonds is 15. The Labute approximate surface area is 378 Å². The number of nitrogens with zero attached hydrogens (tertiary/aromatic N) is 5. The second-order valence-electron chi connectivity index (χ2n) is 16.6. The van der Waals surface area contributed by atoms with Gasteiger partial charge in [0.05, 0.1) is 42.1 Å². The van der Waals surface area contributed by atoms with E-state index in [1.807, 2.05) is 31.2 Å². The van der Waals surface area contributed by atoms with Crippen molar-refractivity contribution in [1.29, 1.82) is 0 Å². The molecule has 3 fully saturated rings. The summed E-state index contributed by atoms with van der Waals surface area (Å²) in [5, 5.41) is 18.3. The zero-order chi connectivity index (χ0) is 45.2. The summed E-state index contributed by atoms with van der Waals surface area (Å²) in [6.07, 6.45) is 1.56. The van der Waals surface area contributed by atoms with E-state index < -0.39 is 35.5 Å². The summed E-state index contributed by atoms with van der Waals surface area (Å²) >= 11 is 6.87. The Morgan fingerprint density at radius 2 is 1.63 bits per heavy atom. The summed E-state index contributed by atoms with van der Waals surface area (Å²) in [6.45, 7) is 8.24. The standard InChI is InChI=1S/C47H49ClFN7O9/c1-27(65-47-52-42-36(43(53-47)55-16-12-50-13-17-55)25-37(48)40(41(42)49)34-23-29(57)22-28-4-2-3-5-32(28)34)26-54-14-10-30(11-15-54)63-20-18-62-19-21-64-31-6-7-33-35(24-31)46(61)56(45(33)60)38-8-9-39(58)51-44(38)59/h2-7,22-25,27,30,38,50,57H,8-21,26H2,1H3,(H,51,58,59). The summed E-state index contributed by atoms with van der Waals surface area (Å²) in [7, 11) is 0. The Hall–Kier alpha value is -5.98. The molecule has 0 radical (unpaired) electrons. The molecule has 9 rings (SSSR count). The maximum absolute atomic E-state index is 16.9. The number of amides is 4. The molecule has 1 aromatic heterocycles. The van der Waals surface area contributed by atoms with E-state index in [4.69, 9.17) is 35.5 Å². The predicted molar refractivity (Wildman–Crippen MR) is 239 cm³/mol. The summed E-state index contributed by atoms with van der Waals surface area (Å²) in [6, 6.07) is 15.9. The van der Waals surface area contributed by atoms with Crippen molar-refractivity contribution in [1.82, 2.24) is 30.4 Å². The molecule has 2 unspecified atom stereocenters. The summed E-state index contributed by atoms with van der Waals surface area (Å²) in [5.74, 6) is -1.92. The summed E-state index contributed by atoms with van der Waals surface area (Å²) in [4.78, 5) is 64.7. The van der Waals surface area contributed by atoms with Crippen molar-refractivity contribution < 1.29 is 47.6 Å². The number of anilines is 1. The smallest absolute Gasteiger partial charge is 0.319 e. The number of likely N-dealkylation sites (tertiary alicyclic amines) is 1. The molecule has 0 aliphatic carbocycles. The highest BCUT2D eigenvalue weighted by molar-refractivity contribution is 6.35. The molecule has 2 atom stereocenters. The van der Waals surface area contributed by atoms with Gasteiger partial charge in [0.25, 0.3) is 11.8 Å². The molecule has 4 amide bonds. The predicted octanol–water partition coefficient (Wildman–Crippen LogP) is 5.10. The SMILES string of the molecule is CC(CN1CCC(OCCOCCOc2ccc3c(c2)C(=O)N(C2CCC(=O)NC2=O)C3=O)CC1)Oc1nc(N2CCNCC2)c2cc(Cl)c(-c3cc(O)cc4ccccc34)c(F)c2n1. The fraction of sp³-hybridized carbons (Fsp3) is 0.404. The van der Waals surface area contributed by atoms with E-state index in [1.54, 1.807) is 18.2 Å². The number of phenols is 1. The van der Waals surface area contributed by atoms with Gasteiger partial charge in [-0.15, -0.1) is 0 Å². The van der Waals surface area contributed by atoms with E-state index in [-0.39, 0.29) is 77.3 Å². The number of piperazine rings is 1. The number of benzene rings is 4. The number of aromatic nitrogens is 2. The topological polar surface area (TPSA) is 185 Å². The summed E-state index contributed by atoms with van der Waals surface area (Å²) < 4.78 is 40.9.